The summed E-state index contributed by atoms with van der Waals surface area (Å²) in [5.41, 5.74) is 1.43. The van der Waals surface area contributed by atoms with E-state index in [1.54, 1.807) is 29.4 Å². The number of fused-ring (bicyclic) bond motifs is 1. The maximum atomic E-state index is 12.8. The van der Waals surface area contributed by atoms with Crippen molar-refractivity contribution in [2.24, 2.45) is 0 Å². The number of hydrogen-bond acceptors (Lipinski definition) is 4. The molecule has 134 valence electrons. The van der Waals surface area contributed by atoms with Crippen molar-refractivity contribution in [2.75, 3.05) is 29.7 Å². The van der Waals surface area contributed by atoms with Gasteiger partial charge in [-0.15, -0.1) is 0 Å². The van der Waals surface area contributed by atoms with Crippen LogP contribution in [0, 0.1) is 0 Å². The summed E-state index contributed by atoms with van der Waals surface area (Å²) < 4.78 is 53.1. The average Bonchev–Trinajstić information content (AvgIpc) is 2.61. The van der Waals surface area contributed by atoms with Gasteiger partial charge in [-0.2, -0.15) is 4.31 Å². The van der Waals surface area contributed by atoms with Crippen LogP contribution in [0.4, 0.5) is 5.69 Å². The molecule has 24 heavy (non-hydrogen) atoms. The minimum atomic E-state index is -3.49. The van der Waals surface area contributed by atoms with Gasteiger partial charge in [0.25, 0.3) is 0 Å². The Morgan fingerprint density at radius 2 is 1.67 bits per heavy atom. The summed E-state index contributed by atoms with van der Waals surface area (Å²) in [6, 6.07) is 4.86. The summed E-state index contributed by atoms with van der Waals surface area (Å²) in [6.07, 6.45) is 4.27. The summed E-state index contributed by atoms with van der Waals surface area (Å²) >= 11 is 0. The standard InChI is InChI=1S/C16H24N2O4S2/c1-2-23(19,20)18-12-6-7-14-13-15(8-9-16(14)18)24(21,22)17-10-4-3-5-11-17/h8-9,13H,2-7,10-12H2,1H3. The van der Waals surface area contributed by atoms with E-state index in [4.69, 9.17) is 0 Å². The molecule has 2 aliphatic heterocycles. The van der Waals surface area contributed by atoms with Crippen LogP contribution >= 0.6 is 0 Å². The second kappa shape index (κ2) is 6.65. The number of benzene rings is 1. The Labute approximate surface area is 144 Å². The third-order valence-electron chi connectivity index (χ3n) is 4.78. The highest BCUT2D eigenvalue weighted by Gasteiger charge is 2.30. The van der Waals surface area contributed by atoms with Crippen molar-refractivity contribution in [3.63, 3.8) is 0 Å². The highest BCUT2D eigenvalue weighted by Crippen LogP contribution is 2.32. The van der Waals surface area contributed by atoms with Crippen molar-refractivity contribution in [3.8, 4) is 0 Å². The minimum absolute atomic E-state index is 0.0419. The van der Waals surface area contributed by atoms with Gasteiger partial charge in [-0.05, 0) is 56.4 Å². The number of aryl methyl sites for hydroxylation is 1. The zero-order chi connectivity index (χ0) is 17.4. The van der Waals surface area contributed by atoms with E-state index >= 15 is 0 Å². The lowest BCUT2D eigenvalue weighted by molar-refractivity contribution is 0.346. The molecule has 0 unspecified atom stereocenters. The van der Waals surface area contributed by atoms with Crippen molar-refractivity contribution in [1.82, 2.24) is 4.31 Å². The highest BCUT2D eigenvalue weighted by atomic mass is 32.2. The van der Waals surface area contributed by atoms with Crippen molar-refractivity contribution in [2.45, 2.75) is 43.9 Å². The normalized spacial score (nSPS) is 20.0. The van der Waals surface area contributed by atoms with Gasteiger partial charge in [0, 0.05) is 19.6 Å². The molecule has 0 bridgehead atoms. The third-order valence-corrected chi connectivity index (χ3v) is 8.46. The zero-order valence-corrected chi connectivity index (χ0v) is 15.6. The van der Waals surface area contributed by atoms with Gasteiger partial charge in [0.15, 0.2) is 0 Å². The fourth-order valence-electron chi connectivity index (χ4n) is 3.40. The molecule has 0 aliphatic carbocycles. The van der Waals surface area contributed by atoms with Crippen LogP contribution in [0.1, 0.15) is 38.2 Å². The van der Waals surface area contributed by atoms with Crippen molar-refractivity contribution in [3.05, 3.63) is 23.8 Å². The second-order valence-corrected chi connectivity index (χ2v) is 10.5. The highest BCUT2D eigenvalue weighted by molar-refractivity contribution is 7.92. The van der Waals surface area contributed by atoms with Gasteiger partial charge < -0.3 is 0 Å². The Hall–Kier alpha value is -1.12. The first-order chi connectivity index (χ1) is 11.4. The van der Waals surface area contributed by atoms with Crippen LogP contribution in [0.15, 0.2) is 23.1 Å². The maximum Gasteiger partial charge on any atom is 0.243 e. The number of nitrogens with zero attached hydrogens (tertiary/aromatic N) is 2. The molecule has 0 amide bonds. The van der Waals surface area contributed by atoms with E-state index in [1.807, 2.05) is 0 Å². The van der Waals surface area contributed by atoms with E-state index in [0.717, 1.165) is 24.8 Å². The van der Waals surface area contributed by atoms with Crippen molar-refractivity contribution < 1.29 is 16.8 Å². The summed E-state index contributed by atoms with van der Waals surface area (Å²) in [4.78, 5) is 0.277. The SMILES string of the molecule is CCS(=O)(=O)N1CCCc2cc(S(=O)(=O)N3CCCCC3)ccc21. The van der Waals surface area contributed by atoms with Crippen molar-refractivity contribution >= 4 is 25.7 Å². The van der Waals surface area contributed by atoms with Crippen LogP contribution in [-0.2, 0) is 26.5 Å². The molecule has 0 radical (unpaired) electrons. The van der Waals surface area contributed by atoms with Crippen LogP contribution < -0.4 is 4.31 Å². The number of anilines is 1. The fourth-order valence-corrected chi connectivity index (χ4v) is 6.16. The van der Waals surface area contributed by atoms with Gasteiger partial charge in [-0.1, -0.05) is 6.42 Å². The van der Waals surface area contributed by atoms with Gasteiger partial charge in [0.05, 0.1) is 16.3 Å². The largest absolute Gasteiger partial charge is 0.270 e. The predicted molar refractivity (Wildman–Crippen MR) is 94.2 cm³/mol. The van der Waals surface area contributed by atoms with Crippen LogP contribution in [0.3, 0.4) is 0 Å². The Morgan fingerprint density at radius 1 is 0.958 bits per heavy atom. The van der Waals surface area contributed by atoms with Crippen LogP contribution in [0.5, 0.6) is 0 Å². The first kappa shape index (κ1) is 17.7. The van der Waals surface area contributed by atoms with Gasteiger partial charge in [0.1, 0.15) is 0 Å². The van der Waals surface area contributed by atoms with E-state index in [0.29, 0.717) is 38.2 Å². The maximum absolute atomic E-state index is 12.8. The molecular weight excluding hydrogens is 348 g/mol. The number of rotatable bonds is 4. The Kier molecular flexibility index (Phi) is 4.90. The van der Waals surface area contributed by atoms with E-state index in [-0.39, 0.29) is 10.6 Å². The smallest absolute Gasteiger partial charge is 0.243 e. The molecule has 8 heteroatoms. The predicted octanol–water partition coefficient (Wildman–Crippen LogP) is 1.96. The van der Waals surface area contributed by atoms with Crippen LogP contribution in [0.25, 0.3) is 0 Å². The molecule has 1 saturated heterocycles. The minimum Gasteiger partial charge on any atom is -0.270 e. The van der Waals surface area contributed by atoms with Crippen LogP contribution in [-0.4, -0.2) is 46.5 Å². The molecule has 1 fully saturated rings. The van der Waals surface area contributed by atoms with Gasteiger partial charge >= 0.3 is 0 Å². The molecule has 2 heterocycles. The van der Waals surface area contributed by atoms with E-state index in [2.05, 4.69) is 0 Å². The quantitative estimate of drug-likeness (QED) is 0.810. The monoisotopic (exact) mass is 372 g/mol. The first-order valence-corrected chi connectivity index (χ1v) is 11.5. The number of sulfonamides is 2. The molecular formula is C16H24N2O4S2. The Morgan fingerprint density at radius 3 is 2.33 bits per heavy atom. The van der Waals surface area contributed by atoms with Crippen molar-refractivity contribution in [1.29, 1.82) is 0 Å². The van der Waals surface area contributed by atoms with Gasteiger partial charge in [-0.3, -0.25) is 4.31 Å². The topological polar surface area (TPSA) is 74.8 Å². The molecule has 0 saturated carbocycles. The molecule has 0 atom stereocenters. The first-order valence-electron chi connectivity index (χ1n) is 8.50. The van der Waals surface area contributed by atoms with Crippen LogP contribution in [0.2, 0.25) is 0 Å². The fraction of sp³-hybridized carbons (Fsp3) is 0.625. The number of piperidine rings is 1. The summed E-state index contributed by atoms with van der Waals surface area (Å²) in [7, 11) is -6.82. The number of hydrogen-bond donors (Lipinski definition) is 0. The third kappa shape index (κ3) is 3.19. The lowest BCUT2D eigenvalue weighted by atomic mass is 10.0. The molecule has 1 aromatic carbocycles. The van der Waals surface area contributed by atoms with E-state index < -0.39 is 20.0 Å². The Bertz CT molecular complexity index is 812. The second-order valence-electron chi connectivity index (χ2n) is 6.33. The molecule has 6 nitrogen and oxygen atoms in total. The molecule has 0 spiro atoms. The van der Waals surface area contributed by atoms with E-state index in [1.165, 1.54) is 4.31 Å². The average molecular weight is 373 g/mol. The summed E-state index contributed by atoms with van der Waals surface area (Å²) in [5.74, 6) is 0.0419. The summed E-state index contributed by atoms with van der Waals surface area (Å²) in [5, 5.41) is 0. The zero-order valence-electron chi connectivity index (χ0n) is 13.9. The lowest BCUT2D eigenvalue weighted by Gasteiger charge is -2.31. The Balaban J connectivity index is 1.97. The summed E-state index contributed by atoms with van der Waals surface area (Å²) in [6.45, 7) is 3.21. The molecule has 0 aromatic heterocycles. The van der Waals surface area contributed by atoms with Gasteiger partial charge in [-0.25, -0.2) is 16.8 Å². The lowest BCUT2D eigenvalue weighted by Crippen LogP contribution is -2.37. The molecule has 3 rings (SSSR count). The molecule has 0 N–H and O–H groups in total. The molecule has 1 aromatic rings. The van der Waals surface area contributed by atoms with Gasteiger partial charge in [0.2, 0.25) is 20.0 Å². The van der Waals surface area contributed by atoms with E-state index in [9.17, 15) is 16.8 Å². The molecule has 2 aliphatic rings.